The van der Waals surface area contributed by atoms with Crippen molar-refractivity contribution in [1.82, 2.24) is 0 Å². The smallest absolute Gasteiger partial charge is 0.156 e. The Morgan fingerprint density at radius 2 is 1.86 bits per heavy atom. The number of halogens is 2. The van der Waals surface area contributed by atoms with Gasteiger partial charge in [0.2, 0.25) is 0 Å². The molecule has 4 heteroatoms. The third kappa shape index (κ3) is 2.32. The van der Waals surface area contributed by atoms with Gasteiger partial charge in [0.05, 0.1) is 17.2 Å². The molecular weight excluding hydrogens is 223 g/mol. The van der Waals surface area contributed by atoms with Crippen LogP contribution in [0, 0.1) is 0 Å². The van der Waals surface area contributed by atoms with Crippen LogP contribution in [0.5, 0.6) is 5.75 Å². The Balaban J connectivity index is 3.13. The van der Waals surface area contributed by atoms with Gasteiger partial charge in [-0.25, -0.2) is 0 Å². The molecule has 14 heavy (non-hydrogen) atoms. The van der Waals surface area contributed by atoms with Crippen molar-refractivity contribution in [1.29, 1.82) is 0 Å². The van der Waals surface area contributed by atoms with Crippen LogP contribution < -0.4 is 4.74 Å². The third-order valence-electron chi connectivity index (χ3n) is 2.07. The SMILES string of the molecule is COc1c(Cl)cc(C(C)CO)cc1Cl. The second-order valence-electron chi connectivity index (χ2n) is 3.10. The van der Waals surface area contributed by atoms with Gasteiger partial charge in [-0.1, -0.05) is 30.1 Å². The topological polar surface area (TPSA) is 29.5 Å². The van der Waals surface area contributed by atoms with Crippen LogP contribution in [0.1, 0.15) is 18.4 Å². The standard InChI is InChI=1S/C10H12Cl2O2/c1-6(5-13)7-3-8(11)10(14-2)9(12)4-7/h3-4,6,13H,5H2,1-2H3. The molecule has 0 aromatic heterocycles. The first-order valence-electron chi connectivity index (χ1n) is 4.24. The molecule has 0 saturated heterocycles. The fourth-order valence-electron chi connectivity index (χ4n) is 1.16. The number of aliphatic hydroxyl groups is 1. The number of rotatable bonds is 3. The van der Waals surface area contributed by atoms with Crippen molar-refractivity contribution in [3.63, 3.8) is 0 Å². The van der Waals surface area contributed by atoms with Gasteiger partial charge < -0.3 is 9.84 Å². The maximum atomic E-state index is 8.98. The summed E-state index contributed by atoms with van der Waals surface area (Å²) in [5.41, 5.74) is 0.906. The van der Waals surface area contributed by atoms with Gasteiger partial charge in [-0.3, -0.25) is 0 Å². The normalized spacial score (nSPS) is 12.6. The molecule has 0 heterocycles. The van der Waals surface area contributed by atoms with Crippen LogP contribution in [0.2, 0.25) is 10.0 Å². The number of hydrogen-bond acceptors (Lipinski definition) is 2. The lowest BCUT2D eigenvalue weighted by Gasteiger charge is -2.12. The molecule has 1 aromatic carbocycles. The van der Waals surface area contributed by atoms with Gasteiger partial charge in [-0.05, 0) is 17.7 Å². The monoisotopic (exact) mass is 234 g/mol. The Morgan fingerprint density at radius 3 is 2.21 bits per heavy atom. The van der Waals surface area contributed by atoms with E-state index in [0.29, 0.717) is 15.8 Å². The van der Waals surface area contributed by atoms with Crippen LogP contribution in [0.15, 0.2) is 12.1 Å². The summed E-state index contributed by atoms with van der Waals surface area (Å²) in [6, 6.07) is 3.51. The lowest BCUT2D eigenvalue weighted by molar-refractivity contribution is 0.273. The van der Waals surface area contributed by atoms with Gasteiger partial charge >= 0.3 is 0 Å². The van der Waals surface area contributed by atoms with Crippen LogP contribution in [-0.4, -0.2) is 18.8 Å². The highest BCUT2D eigenvalue weighted by Crippen LogP contribution is 2.35. The fraction of sp³-hybridized carbons (Fsp3) is 0.400. The lowest BCUT2D eigenvalue weighted by Crippen LogP contribution is -1.99. The highest BCUT2D eigenvalue weighted by atomic mass is 35.5. The molecule has 0 aliphatic heterocycles. The summed E-state index contributed by atoms with van der Waals surface area (Å²) in [5.74, 6) is 0.498. The fourth-order valence-corrected chi connectivity index (χ4v) is 1.82. The Kier molecular flexibility index (Phi) is 4.05. The summed E-state index contributed by atoms with van der Waals surface area (Å²) in [5, 5.41) is 9.91. The maximum Gasteiger partial charge on any atom is 0.156 e. The van der Waals surface area contributed by atoms with E-state index in [2.05, 4.69) is 0 Å². The molecule has 0 fully saturated rings. The largest absolute Gasteiger partial charge is 0.494 e. The molecule has 0 spiro atoms. The van der Waals surface area contributed by atoms with Crippen molar-refractivity contribution >= 4 is 23.2 Å². The highest BCUT2D eigenvalue weighted by molar-refractivity contribution is 6.37. The average molecular weight is 235 g/mol. The van der Waals surface area contributed by atoms with E-state index in [0.717, 1.165) is 5.56 Å². The summed E-state index contributed by atoms with van der Waals surface area (Å²) in [4.78, 5) is 0. The zero-order valence-electron chi connectivity index (χ0n) is 8.05. The van der Waals surface area contributed by atoms with Gasteiger partial charge in [0.1, 0.15) is 0 Å². The van der Waals surface area contributed by atoms with Crippen LogP contribution >= 0.6 is 23.2 Å². The summed E-state index contributed by atoms with van der Waals surface area (Å²) < 4.78 is 5.02. The first-order chi connectivity index (χ1) is 6.60. The second-order valence-corrected chi connectivity index (χ2v) is 3.92. The second kappa shape index (κ2) is 4.87. The number of methoxy groups -OCH3 is 1. The Morgan fingerprint density at radius 1 is 1.36 bits per heavy atom. The van der Waals surface area contributed by atoms with E-state index in [-0.39, 0.29) is 12.5 Å². The Hall–Kier alpha value is -0.440. The summed E-state index contributed by atoms with van der Waals surface area (Å²) in [6.45, 7) is 1.97. The van der Waals surface area contributed by atoms with E-state index < -0.39 is 0 Å². The summed E-state index contributed by atoms with van der Waals surface area (Å²) in [6.07, 6.45) is 0. The number of benzene rings is 1. The highest BCUT2D eigenvalue weighted by Gasteiger charge is 2.11. The molecule has 0 amide bonds. The molecule has 78 valence electrons. The van der Waals surface area contributed by atoms with E-state index in [1.165, 1.54) is 7.11 Å². The predicted molar refractivity (Wildman–Crippen MR) is 58.5 cm³/mol. The maximum absolute atomic E-state index is 8.98. The van der Waals surface area contributed by atoms with Crippen molar-refractivity contribution in [3.8, 4) is 5.75 Å². The molecule has 0 radical (unpaired) electrons. The summed E-state index contributed by atoms with van der Waals surface area (Å²) >= 11 is 11.9. The summed E-state index contributed by atoms with van der Waals surface area (Å²) in [7, 11) is 1.52. The van der Waals surface area contributed by atoms with Gasteiger partial charge in [0.15, 0.2) is 5.75 Å². The van der Waals surface area contributed by atoms with Crippen molar-refractivity contribution in [2.45, 2.75) is 12.8 Å². The Labute approximate surface area is 93.4 Å². The van der Waals surface area contributed by atoms with Gasteiger partial charge in [0, 0.05) is 12.5 Å². The van der Waals surface area contributed by atoms with E-state index in [1.807, 2.05) is 6.92 Å². The van der Waals surface area contributed by atoms with Crippen molar-refractivity contribution in [2.75, 3.05) is 13.7 Å². The molecule has 2 nitrogen and oxygen atoms in total. The van der Waals surface area contributed by atoms with Crippen molar-refractivity contribution in [2.24, 2.45) is 0 Å². The van der Waals surface area contributed by atoms with E-state index >= 15 is 0 Å². The quantitative estimate of drug-likeness (QED) is 0.872. The number of hydrogen-bond donors (Lipinski definition) is 1. The minimum atomic E-state index is 0.0240. The van der Waals surface area contributed by atoms with Gasteiger partial charge in [0.25, 0.3) is 0 Å². The van der Waals surface area contributed by atoms with E-state index in [4.69, 9.17) is 33.0 Å². The van der Waals surface area contributed by atoms with E-state index in [1.54, 1.807) is 12.1 Å². The van der Waals surface area contributed by atoms with Crippen molar-refractivity contribution in [3.05, 3.63) is 27.7 Å². The van der Waals surface area contributed by atoms with Crippen LogP contribution in [0.25, 0.3) is 0 Å². The van der Waals surface area contributed by atoms with Crippen LogP contribution in [-0.2, 0) is 0 Å². The molecule has 0 aliphatic carbocycles. The van der Waals surface area contributed by atoms with Gasteiger partial charge in [-0.15, -0.1) is 0 Å². The Bertz CT molecular complexity index is 303. The molecule has 1 N–H and O–H groups in total. The zero-order valence-corrected chi connectivity index (χ0v) is 9.56. The predicted octanol–water partition coefficient (Wildman–Crippen LogP) is 3.10. The van der Waals surface area contributed by atoms with E-state index in [9.17, 15) is 0 Å². The molecule has 1 rings (SSSR count). The number of aliphatic hydroxyl groups excluding tert-OH is 1. The van der Waals surface area contributed by atoms with Crippen LogP contribution in [0.3, 0.4) is 0 Å². The van der Waals surface area contributed by atoms with Crippen LogP contribution in [0.4, 0.5) is 0 Å². The molecule has 0 saturated carbocycles. The minimum Gasteiger partial charge on any atom is -0.494 e. The molecular formula is C10H12Cl2O2. The molecule has 0 aliphatic rings. The van der Waals surface area contributed by atoms with Gasteiger partial charge in [-0.2, -0.15) is 0 Å². The molecule has 0 bridgehead atoms. The molecule has 1 atom stereocenters. The first kappa shape index (κ1) is 11.6. The molecule has 1 unspecified atom stereocenters. The number of ether oxygens (including phenoxy) is 1. The lowest BCUT2D eigenvalue weighted by atomic mass is 10.0. The van der Waals surface area contributed by atoms with Crippen molar-refractivity contribution < 1.29 is 9.84 Å². The molecule has 1 aromatic rings. The third-order valence-corrected chi connectivity index (χ3v) is 2.63. The first-order valence-corrected chi connectivity index (χ1v) is 4.99. The minimum absolute atomic E-state index is 0.0240. The average Bonchev–Trinajstić information content (AvgIpc) is 2.16. The zero-order chi connectivity index (χ0) is 10.7.